The third kappa shape index (κ3) is 3.10. The maximum absolute atomic E-state index is 12.2. The molecule has 18 heavy (non-hydrogen) atoms. The van der Waals surface area contributed by atoms with Crippen molar-refractivity contribution in [3.05, 3.63) is 22.7 Å². The molecule has 0 saturated heterocycles. The molecular weight excluding hydrogens is 228 g/mol. The minimum absolute atomic E-state index is 0.0126. The molecule has 1 aliphatic rings. The molecule has 1 aromatic heterocycles. The Bertz CT molecular complexity index is 451. The molecule has 0 aromatic carbocycles. The summed E-state index contributed by atoms with van der Waals surface area (Å²) in [7, 11) is 1.92. The Morgan fingerprint density at radius 2 is 2.28 bits per heavy atom. The second kappa shape index (κ2) is 5.52. The van der Waals surface area contributed by atoms with Crippen LogP contribution in [0.1, 0.15) is 32.7 Å². The topological polar surface area (TPSA) is 50.2 Å². The van der Waals surface area contributed by atoms with Gasteiger partial charge in [-0.2, -0.15) is 0 Å². The van der Waals surface area contributed by atoms with Crippen molar-refractivity contribution in [1.29, 1.82) is 0 Å². The zero-order valence-electron chi connectivity index (χ0n) is 11.4. The predicted molar refractivity (Wildman–Crippen MR) is 73.2 cm³/mol. The Morgan fingerprint density at radius 3 is 2.89 bits per heavy atom. The lowest BCUT2D eigenvalue weighted by Crippen LogP contribution is -2.36. The summed E-state index contributed by atoms with van der Waals surface area (Å²) in [6, 6.07) is 0.867. The number of rotatable bonds is 6. The van der Waals surface area contributed by atoms with Crippen LogP contribution in [0.4, 0.5) is 5.82 Å². The molecule has 2 rings (SSSR count). The highest BCUT2D eigenvalue weighted by Crippen LogP contribution is 2.18. The van der Waals surface area contributed by atoms with E-state index < -0.39 is 0 Å². The first-order chi connectivity index (χ1) is 8.59. The summed E-state index contributed by atoms with van der Waals surface area (Å²) in [6.45, 7) is 5.71. The van der Waals surface area contributed by atoms with Crippen LogP contribution in [0.3, 0.4) is 0 Å². The molecule has 0 atom stereocenters. The van der Waals surface area contributed by atoms with Crippen LogP contribution in [0.25, 0.3) is 0 Å². The van der Waals surface area contributed by atoms with E-state index in [1.165, 1.54) is 12.8 Å². The summed E-state index contributed by atoms with van der Waals surface area (Å²) in [5.74, 6) is 0.531. The summed E-state index contributed by atoms with van der Waals surface area (Å²) in [4.78, 5) is 18.3. The van der Waals surface area contributed by atoms with E-state index in [0.717, 1.165) is 13.1 Å². The Labute approximate surface area is 108 Å². The molecule has 0 aliphatic heterocycles. The molecule has 5 heteroatoms. The molecular formula is C13H22N4O. The third-order valence-electron chi connectivity index (χ3n) is 3.23. The van der Waals surface area contributed by atoms with Gasteiger partial charge in [-0.1, -0.05) is 0 Å². The van der Waals surface area contributed by atoms with Gasteiger partial charge < -0.3 is 14.8 Å². The average Bonchev–Trinajstić information content (AvgIpc) is 3.12. The largest absolute Gasteiger partial charge is 0.354 e. The Kier molecular flexibility index (Phi) is 4.01. The molecule has 1 aromatic rings. The normalized spacial score (nSPS) is 15.1. The van der Waals surface area contributed by atoms with Crippen LogP contribution < -0.4 is 15.8 Å². The van der Waals surface area contributed by atoms with Crippen LogP contribution in [0.15, 0.2) is 17.2 Å². The van der Waals surface area contributed by atoms with Gasteiger partial charge in [0.05, 0.1) is 0 Å². The Morgan fingerprint density at radius 1 is 1.56 bits per heavy atom. The van der Waals surface area contributed by atoms with Gasteiger partial charge in [0.25, 0.3) is 5.56 Å². The van der Waals surface area contributed by atoms with E-state index >= 15 is 0 Å². The predicted octanol–water partition coefficient (Wildman–Crippen LogP) is 1.01. The standard InChI is InChI=1S/C13H22N4O/c1-10(2)17-9-7-15-12(13(17)18)16(3)8-6-14-11-4-5-11/h7,9-11,14H,4-6,8H2,1-3H3. The highest BCUT2D eigenvalue weighted by Gasteiger charge is 2.20. The smallest absolute Gasteiger partial charge is 0.293 e. The summed E-state index contributed by atoms with van der Waals surface area (Å²) in [5.41, 5.74) is -0.0126. The number of aromatic nitrogens is 2. The van der Waals surface area contributed by atoms with Crippen molar-refractivity contribution >= 4 is 5.82 Å². The van der Waals surface area contributed by atoms with Gasteiger partial charge in [0.2, 0.25) is 0 Å². The fourth-order valence-electron chi connectivity index (χ4n) is 1.91. The van der Waals surface area contributed by atoms with Crippen LogP contribution in [0.2, 0.25) is 0 Å². The van der Waals surface area contributed by atoms with Gasteiger partial charge in [-0.05, 0) is 26.7 Å². The van der Waals surface area contributed by atoms with Crippen LogP contribution in [-0.4, -0.2) is 35.7 Å². The molecule has 5 nitrogen and oxygen atoms in total. The lowest BCUT2D eigenvalue weighted by atomic mass is 10.4. The van der Waals surface area contributed by atoms with Gasteiger partial charge in [-0.25, -0.2) is 4.98 Å². The highest BCUT2D eigenvalue weighted by atomic mass is 16.1. The highest BCUT2D eigenvalue weighted by molar-refractivity contribution is 5.34. The van der Waals surface area contributed by atoms with E-state index in [0.29, 0.717) is 11.9 Å². The number of nitrogens with one attached hydrogen (secondary N) is 1. The van der Waals surface area contributed by atoms with Gasteiger partial charge in [0.1, 0.15) is 0 Å². The van der Waals surface area contributed by atoms with Crippen LogP contribution >= 0.6 is 0 Å². The fraction of sp³-hybridized carbons (Fsp3) is 0.692. The first-order valence-electron chi connectivity index (χ1n) is 6.61. The lowest BCUT2D eigenvalue weighted by molar-refractivity contribution is 0.571. The first kappa shape index (κ1) is 13.1. The minimum Gasteiger partial charge on any atom is -0.354 e. The van der Waals surface area contributed by atoms with Crippen molar-refractivity contribution in [3.8, 4) is 0 Å². The van der Waals surface area contributed by atoms with Crippen molar-refractivity contribution < 1.29 is 0 Å². The van der Waals surface area contributed by atoms with E-state index in [2.05, 4.69) is 10.3 Å². The molecule has 0 amide bonds. The second-order valence-electron chi connectivity index (χ2n) is 5.21. The molecule has 0 spiro atoms. The van der Waals surface area contributed by atoms with Gasteiger partial charge in [0, 0.05) is 44.6 Å². The van der Waals surface area contributed by atoms with Gasteiger partial charge >= 0.3 is 0 Å². The van der Waals surface area contributed by atoms with E-state index in [1.54, 1.807) is 17.0 Å². The second-order valence-corrected chi connectivity index (χ2v) is 5.21. The monoisotopic (exact) mass is 250 g/mol. The minimum atomic E-state index is -0.0126. The molecule has 0 bridgehead atoms. The van der Waals surface area contributed by atoms with Gasteiger partial charge in [-0.3, -0.25) is 4.79 Å². The molecule has 100 valence electrons. The van der Waals surface area contributed by atoms with Crippen molar-refractivity contribution in [2.75, 3.05) is 25.0 Å². The SMILES string of the molecule is CC(C)n1ccnc(N(C)CCNC2CC2)c1=O. The molecule has 1 saturated carbocycles. The summed E-state index contributed by atoms with van der Waals surface area (Å²) in [5, 5.41) is 3.44. The quantitative estimate of drug-likeness (QED) is 0.818. The number of hydrogen-bond donors (Lipinski definition) is 1. The van der Waals surface area contributed by atoms with Crippen LogP contribution in [0, 0.1) is 0 Å². The molecule has 1 heterocycles. The number of hydrogen-bond acceptors (Lipinski definition) is 4. The Balaban J connectivity index is 2.01. The number of likely N-dealkylation sites (N-methyl/N-ethyl adjacent to an activating group) is 1. The van der Waals surface area contributed by atoms with E-state index in [4.69, 9.17) is 0 Å². The lowest BCUT2D eigenvalue weighted by Gasteiger charge is -2.19. The molecule has 0 unspecified atom stereocenters. The fourth-order valence-corrected chi connectivity index (χ4v) is 1.91. The maximum atomic E-state index is 12.2. The van der Waals surface area contributed by atoms with Crippen molar-refractivity contribution in [2.45, 2.75) is 38.8 Å². The Hall–Kier alpha value is -1.36. The van der Waals surface area contributed by atoms with E-state index in [9.17, 15) is 4.79 Å². The van der Waals surface area contributed by atoms with Gasteiger partial charge in [0.15, 0.2) is 5.82 Å². The van der Waals surface area contributed by atoms with Gasteiger partial charge in [-0.15, -0.1) is 0 Å². The average molecular weight is 250 g/mol. The van der Waals surface area contributed by atoms with E-state index in [1.807, 2.05) is 25.8 Å². The summed E-state index contributed by atoms with van der Waals surface area (Å²) < 4.78 is 1.72. The first-order valence-corrected chi connectivity index (χ1v) is 6.61. The molecule has 1 fully saturated rings. The zero-order chi connectivity index (χ0) is 13.1. The zero-order valence-corrected chi connectivity index (χ0v) is 11.4. The number of anilines is 1. The van der Waals surface area contributed by atoms with Crippen molar-refractivity contribution in [2.24, 2.45) is 0 Å². The van der Waals surface area contributed by atoms with Crippen LogP contribution in [-0.2, 0) is 0 Å². The van der Waals surface area contributed by atoms with Crippen LogP contribution in [0.5, 0.6) is 0 Å². The molecule has 0 radical (unpaired) electrons. The molecule has 1 N–H and O–H groups in total. The summed E-state index contributed by atoms with van der Waals surface area (Å²) >= 11 is 0. The van der Waals surface area contributed by atoms with Crippen molar-refractivity contribution in [1.82, 2.24) is 14.9 Å². The summed E-state index contributed by atoms with van der Waals surface area (Å²) in [6.07, 6.45) is 6.01. The maximum Gasteiger partial charge on any atom is 0.293 e. The third-order valence-corrected chi connectivity index (χ3v) is 3.23. The van der Waals surface area contributed by atoms with Crippen molar-refractivity contribution in [3.63, 3.8) is 0 Å². The number of nitrogens with zero attached hydrogens (tertiary/aromatic N) is 3. The molecule has 1 aliphatic carbocycles. The van der Waals surface area contributed by atoms with E-state index in [-0.39, 0.29) is 11.6 Å².